The highest BCUT2D eigenvalue weighted by Crippen LogP contribution is 2.31. The molecular weight excluding hydrogens is 400 g/mol. The second-order valence-electron chi connectivity index (χ2n) is 7.85. The fourth-order valence-corrected chi connectivity index (χ4v) is 3.79. The van der Waals surface area contributed by atoms with Crippen LogP contribution in [0.3, 0.4) is 0 Å². The summed E-state index contributed by atoms with van der Waals surface area (Å²) >= 11 is 0. The van der Waals surface area contributed by atoms with E-state index in [2.05, 4.69) is 11.6 Å². The second-order valence-corrected chi connectivity index (χ2v) is 7.85. The number of amides is 1. The summed E-state index contributed by atoms with van der Waals surface area (Å²) in [7, 11) is 1.64. The largest absolute Gasteiger partial charge is 0.497 e. The number of hydrogen-bond donors (Lipinski definition) is 0. The highest BCUT2D eigenvalue weighted by molar-refractivity contribution is 5.95. The van der Waals surface area contributed by atoms with Crippen molar-refractivity contribution in [3.8, 4) is 5.75 Å². The Morgan fingerprint density at radius 3 is 2.53 bits per heavy atom. The van der Waals surface area contributed by atoms with Crippen LogP contribution in [-0.2, 0) is 6.54 Å². The topological polar surface area (TPSA) is 55.6 Å². The van der Waals surface area contributed by atoms with Gasteiger partial charge in [-0.2, -0.15) is 0 Å². The van der Waals surface area contributed by atoms with E-state index in [0.717, 1.165) is 27.8 Å². The molecule has 0 bridgehead atoms. The predicted octanol–water partition coefficient (Wildman–Crippen LogP) is 6.19. The van der Waals surface area contributed by atoms with Crippen LogP contribution < -0.4 is 4.74 Å². The van der Waals surface area contributed by atoms with E-state index in [1.54, 1.807) is 19.4 Å². The van der Waals surface area contributed by atoms with Gasteiger partial charge >= 0.3 is 0 Å². The van der Waals surface area contributed by atoms with Crippen molar-refractivity contribution in [2.45, 2.75) is 25.9 Å². The summed E-state index contributed by atoms with van der Waals surface area (Å²) in [4.78, 5) is 20.3. The van der Waals surface area contributed by atoms with Gasteiger partial charge < -0.3 is 14.1 Å². The highest BCUT2D eigenvalue weighted by atomic mass is 16.5. The fourth-order valence-electron chi connectivity index (χ4n) is 3.79. The highest BCUT2D eigenvalue weighted by Gasteiger charge is 2.28. The van der Waals surface area contributed by atoms with Crippen LogP contribution >= 0.6 is 0 Å². The van der Waals surface area contributed by atoms with Crippen LogP contribution in [0.2, 0.25) is 0 Å². The molecule has 2 aromatic carbocycles. The summed E-state index contributed by atoms with van der Waals surface area (Å²) in [6, 6.07) is 22.8. The average Bonchev–Trinajstić information content (AvgIpc) is 3.34. The van der Waals surface area contributed by atoms with Crippen LogP contribution in [0.1, 0.15) is 41.2 Å². The summed E-state index contributed by atoms with van der Waals surface area (Å²) in [5.74, 6) is 1.32. The molecule has 0 saturated carbocycles. The first kappa shape index (κ1) is 21.4. The number of furan rings is 1. The van der Waals surface area contributed by atoms with E-state index in [1.807, 2.05) is 78.6 Å². The SMILES string of the molecule is C=C(C)CC(c1ccc(OC)cc1)N(Cc1ccco1)C(=O)c1ccc2ccccc2n1. The van der Waals surface area contributed by atoms with Crippen molar-refractivity contribution in [3.63, 3.8) is 0 Å². The molecule has 0 radical (unpaired) electrons. The third kappa shape index (κ3) is 4.72. The van der Waals surface area contributed by atoms with E-state index in [1.165, 1.54) is 0 Å². The van der Waals surface area contributed by atoms with Crippen LogP contribution in [-0.4, -0.2) is 22.9 Å². The molecule has 0 aliphatic rings. The molecule has 1 amide bonds. The number of fused-ring (bicyclic) bond motifs is 1. The Morgan fingerprint density at radius 2 is 1.84 bits per heavy atom. The summed E-state index contributed by atoms with van der Waals surface area (Å²) in [5, 5.41) is 0.996. The van der Waals surface area contributed by atoms with Crippen LogP contribution in [0.4, 0.5) is 0 Å². The monoisotopic (exact) mass is 426 g/mol. The number of nitrogens with zero attached hydrogens (tertiary/aromatic N) is 2. The second kappa shape index (κ2) is 9.52. The fraction of sp³-hybridized carbons (Fsp3) is 0.185. The molecule has 1 unspecified atom stereocenters. The molecule has 5 nitrogen and oxygen atoms in total. The average molecular weight is 427 g/mol. The van der Waals surface area contributed by atoms with Gasteiger partial charge in [-0.3, -0.25) is 4.79 Å². The first-order valence-electron chi connectivity index (χ1n) is 10.5. The number of methoxy groups -OCH3 is 1. The van der Waals surface area contributed by atoms with Gasteiger partial charge in [0.1, 0.15) is 17.2 Å². The molecule has 0 N–H and O–H groups in total. The minimum Gasteiger partial charge on any atom is -0.497 e. The number of carbonyl (C=O) groups is 1. The predicted molar refractivity (Wildman–Crippen MR) is 125 cm³/mol. The molecule has 4 rings (SSSR count). The van der Waals surface area contributed by atoms with Crippen LogP contribution in [0, 0.1) is 0 Å². The molecule has 2 aromatic heterocycles. The Balaban J connectivity index is 1.76. The molecule has 0 fully saturated rings. The van der Waals surface area contributed by atoms with Crippen LogP contribution in [0.15, 0.2) is 95.6 Å². The maximum Gasteiger partial charge on any atom is 0.273 e. The Labute approximate surface area is 188 Å². The Morgan fingerprint density at radius 1 is 1.06 bits per heavy atom. The Kier molecular flexibility index (Phi) is 6.36. The van der Waals surface area contributed by atoms with Gasteiger partial charge in [-0.15, -0.1) is 6.58 Å². The van der Waals surface area contributed by atoms with Crippen LogP contribution in [0.5, 0.6) is 5.75 Å². The van der Waals surface area contributed by atoms with E-state index < -0.39 is 0 Å². The summed E-state index contributed by atoms with van der Waals surface area (Å²) in [5.41, 5.74) is 3.16. The van der Waals surface area contributed by atoms with Crippen molar-refractivity contribution < 1.29 is 13.9 Å². The molecule has 0 spiro atoms. The Bertz CT molecular complexity index is 1210. The van der Waals surface area contributed by atoms with E-state index in [4.69, 9.17) is 9.15 Å². The lowest BCUT2D eigenvalue weighted by molar-refractivity contribution is 0.0635. The van der Waals surface area contributed by atoms with Crippen molar-refractivity contribution in [3.05, 3.63) is 108 Å². The number of carbonyl (C=O) groups excluding carboxylic acids is 1. The van der Waals surface area contributed by atoms with Crippen LogP contribution in [0.25, 0.3) is 10.9 Å². The van der Waals surface area contributed by atoms with Gasteiger partial charge in [0, 0.05) is 5.39 Å². The van der Waals surface area contributed by atoms with Crippen molar-refractivity contribution in [2.24, 2.45) is 0 Å². The number of aromatic nitrogens is 1. The molecule has 0 aliphatic carbocycles. The molecule has 5 heteroatoms. The zero-order valence-corrected chi connectivity index (χ0v) is 18.3. The smallest absolute Gasteiger partial charge is 0.273 e. The van der Waals surface area contributed by atoms with Gasteiger partial charge in [0.15, 0.2) is 0 Å². The van der Waals surface area contributed by atoms with E-state index in [9.17, 15) is 4.79 Å². The zero-order chi connectivity index (χ0) is 22.5. The van der Waals surface area contributed by atoms with Gasteiger partial charge in [-0.1, -0.05) is 42.0 Å². The zero-order valence-electron chi connectivity index (χ0n) is 18.3. The molecular formula is C27H26N2O3. The third-order valence-electron chi connectivity index (χ3n) is 5.40. The minimum atomic E-state index is -0.232. The molecule has 1 atom stereocenters. The standard InChI is InChI=1S/C27H26N2O3/c1-19(2)17-26(21-10-13-22(31-3)14-11-21)29(18-23-8-6-16-32-23)27(30)25-15-12-20-7-4-5-9-24(20)28-25/h4-16,26H,1,17-18H2,2-3H3. The first-order chi connectivity index (χ1) is 15.5. The van der Waals surface area contributed by atoms with Gasteiger partial charge in [0.25, 0.3) is 5.91 Å². The van der Waals surface area contributed by atoms with Crippen molar-refractivity contribution in [1.29, 1.82) is 0 Å². The third-order valence-corrected chi connectivity index (χ3v) is 5.40. The number of pyridine rings is 1. The Hall–Kier alpha value is -3.86. The molecule has 0 aliphatic heterocycles. The maximum absolute atomic E-state index is 13.8. The van der Waals surface area contributed by atoms with Crippen molar-refractivity contribution in [1.82, 2.24) is 9.88 Å². The van der Waals surface area contributed by atoms with Gasteiger partial charge in [0.05, 0.1) is 31.5 Å². The molecule has 0 saturated heterocycles. The number of hydrogen-bond acceptors (Lipinski definition) is 4. The number of rotatable bonds is 8. The summed E-state index contributed by atoms with van der Waals surface area (Å²) < 4.78 is 10.9. The quantitative estimate of drug-likeness (QED) is 0.315. The lowest BCUT2D eigenvalue weighted by Gasteiger charge is -2.32. The van der Waals surface area contributed by atoms with Gasteiger partial charge in [0.2, 0.25) is 0 Å². The molecule has 4 aromatic rings. The van der Waals surface area contributed by atoms with Gasteiger partial charge in [-0.25, -0.2) is 4.98 Å². The lowest BCUT2D eigenvalue weighted by Crippen LogP contribution is -2.35. The minimum absolute atomic E-state index is 0.158. The molecule has 162 valence electrons. The first-order valence-corrected chi connectivity index (χ1v) is 10.5. The normalized spacial score (nSPS) is 11.8. The van der Waals surface area contributed by atoms with E-state index >= 15 is 0 Å². The van der Waals surface area contributed by atoms with Crippen molar-refractivity contribution in [2.75, 3.05) is 7.11 Å². The maximum atomic E-state index is 13.8. The number of benzene rings is 2. The summed E-state index contributed by atoms with van der Waals surface area (Å²) in [6.45, 7) is 6.40. The van der Waals surface area contributed by atoms with E-state index in [0.29, 0.717) is 24.4 Å². The summed E-state index contributed by atoms with van der Waals surface area (Å²) in [6.07, 6.45) is 2.24. The molecule has 32 heavy (non-hydrogen) atoms. The number of ether oxygens (including phenoxy) is 1. The molecule has 2 heterocycles. The van der Waals surface area contributed by atoms with Gasteiger partial charge in [-0.05, 0) is 55.3 Å². The van der Waals surface area contributed by atoms with E-state index in [-0.39, 0.29) is 11.9 Å². The van der Waals surface area contributed by atoms with Crippen molar-refractivity contribution >= 4 is 16.8 Å². The number of para-hydroxylation sites is 1. The lowest BCUT2D eigenvalue weighted by atomic mass is 9.97.